The normalized spacial score (nSPS) is 20.7. The summed E-state index contributed by atoms with van der Waals surface area (Å²) in [6, 6.07) is 18.2. The van der Waals surface area contributed by atoms with Crippen LogP contribution in [0.3, 0.4) is 0 Å². The van der Waals surface area contributed by atoms with E-state index >= 15 is 0 Å². The molecule has 2 unspecified atom stereocenters. The van der Waals surface area contributed by atoms with Crippen molar-refractivity contribution in [2.24, 2.45) is 5.92 Å². The number of aromatic nitrogens is 2. The Balaban J connectivity index is 1.17. The highest BCUT2D eigenvalue weighted by Crippen LogP contribution is 2.41. The summed E-state index contributed by atoms with van der Waals surface area (Å²) in [6.45, 7) is 1.18. The van der Waals surface area contributed by atoms with Gasteiger partial charge in [-0.15, -0.1) is 0 Å². The van der Waals surface area contributed by atoms with Gasteiger partial charge >= 0.3 is 0 Å². The lowest BCUT2D eigenvalue weighted by Gasteiger charge is -2.08. The molecule has 2 fully saturated rings. The van der Waals surface area contributed by atoms with Gasteiger partial charge < -0.3 is 10.6 Å². The molecule has 3 aromatic rings. The number of hydrogen-bond donors (Lipinski definition) is 2. The lowest BCUT2D eigenvalue weighted by Crippen LogP contribution is -2.20. The van der Waals surface area contributed by atoms with Crippen LogP contribution in [0.25, 0.3) is 5.69 Å². The van der Waals surface area contributed by atoms with Crippen LogP contribution in [-0.2, 0) is 0 Å². The van der Waals surface area contributed by atoms with Gasteiger partial charge in [0.05, 0.1) is 5.69 Å². The number of carbonyl (C=O) groups is 1. The Morgan fingerprint density at radius 1 is 1.07 bits per heavy atom. The Morgan fingerprint density at radius 3 is 2.54 bits per heavy atom. The molecule has 2 aliphatic rings. The van der Waals surface area contributed by atoms with E-state index in [1.165, 1.54) is 31.4 Å². The standard InChI is InChI=1S/C23H24N4O/c28-23(18-6-10-20(11-7-18)27-13-1-12-25-27)26-19-8-4-17(5-9-19)21-14-22(21)24-15-16-2-3-16/h1,4-13,16,21-22,24H,2-3,14-15H2,(H,26,28). The second-order valence-electron chi connectivity index (χ2n) is 7.87. The van der Waals surface area contributed by atoms with Crippen LogP contribution >= 0.6 is 0 Å². The van der Waals surface area contributed by atoms with Gasteiger partial charge in [0.2, 0.25) is 0 Å². The lowest BCUT2D eigenvalue weighted by atomic mass is 10.1. The molecule has 142 valence electrons. The molecule has 28 heavy (non-hydrogen) atoms. The first kappa shape index (κ1) is 17.2. The molecule has 0 bridgehead atoms. The summed E-state index contributed by atoms with van der Waals surface area (Å²) in [7, 11) is 0. The van der Waals surface area contributed by atoms with Crippen LogP contribution in [-0.4, -0.2) is 28.3 Å². The van der Waals surface area contributed by atoms with Gasteiger partial charge in [-0.05, 0) is 79.8 Å². The molecule has 0 spiro atoms. The van der Waals surface area contributed by atoms with E-state index < -0.39 is 0 Å². The average molecular weight is 372 g/mol. The van der Waals surface area contributed by atoms with Crippen molar-refractivity contribution in [1.29, 1.82) is 0 Å². The van der Waals surface area contributed by atoms with Crippen LogP contribution in [0.5, 0.6) is 0 Å². The maximum absolute atomic E-state index is 12.5. The number of hydrogen-bond acceptors (Lipinski definition) is 3. The molecule has 0 radical (unpaired) electrons. The predicted molar refractivity (Wildman–Crippen MR) is 110 cm³/mol. The third-order valence-electron chi connectivity index (χ3n) is 5.65. The molecule has 5 heteroatoms. The number of nitrogens with one attached hydrogen (secondary N) is 2. The van der Waals surface area contributed by atoms with Crippen molar-refractivity contribution in [3.05, 3.63) is 78.1 Å². The van der Waals surface area contributed by atoms with Crippen LogP contribution in [0.2, 0.25) is 0 Å². The summed E-state index contributed by atoms with van der Waals surface area (Å²) < 4.78 is 1.77. The van der Waals surface area contributed by atoms with Crippen molar-refractivity contribution in [1.82, 2.24) is 15.1 Å². The minimum atomic E-state index is -0.102. The molecule has 1 heterocycles. The molecule has 0 aliphatic heterocycles. The topological polar surface area (TPSA) is 59.0 Å². The second kappa shape index (κ2) is 7.24. The summed E-state index contributed by atoms with van der Waals surface area (Å²) in [5.41, 5.74) is 3.75. The third kappa shape index (κ3) is 3.85. The molecule has 2 saturated carbocycles. The highest BCUT2D eigenvalue weighted by Gasteiger charge is 2.38. The zero-order valence-corrected chi connectivity index (χ0v) is 15.7. The van der Waals surface area contributed by atoms with Crippen molar-refractivity contribution in [2.75, 3.05) is 11.9 Å². The number of nitrogens with zero attached hydrogens (tertiary/aromatic N) is 2. The maximum atomic E-state index is 12.5. The lowest BCUT2D eigenvalue weighted by molar-refractivity contribution is 0.102. The summed E-state index contributed by atoms with van der Waals surface area (Å²) in [4.78, 5) is 12.5. The van der Waals surface area contributed by atoms with Gasteiger partial charge in [0.1, 0.15) is 0 Å². The fraction of sp³-hybridized carbons (Fsp3) is 0.304. The minimum absolute atomic E-state index is 0.102. The van der Waals surface area contributed by atoms with Crippen LogP contribution in [0.15, 0.2) is 67.0 Å². The van der Waals surface area contributed by atoms with E-state index in [1.54, 1.807) is 10.9 Å². The summed E-state index contributed by atoms with van der Waals surface area (Å²) in [6.07, 6.45) is 7.62. The molecule has 0 saturated heterocycles. The highest BCUT2D eigenvalue weighted by molar-refractivity contribution is 6.04. The Bertz CT molecular complexity index is 943. The minimum Gasteiger partial charge on any atom is -0.322 e. The fourth-order valence-electron chi connectivity index (χ4n) is 3.63. The van der Waals surface area contributed by atoms with Gasteiger partial charge in [-0.2, -0.15) is 5.10 Å². The number of amides is 1. The van der Waals surface area contributed by atoms with Crippen molar-refractivity contribution >= 4 is 11.6 Å². The SMILES string of the molecule is O=C(Nc1ccc(C2CC2NCC2CC2)cc1)c1ccc(-n2cccn2)cc1. The number of anilines is 1. The average Bonchev–Trinajstić information content (AvgIpc) is 3.64. The summed E-state index contributed by atoms with van der Waals surface area (Å²) in [5.74, 6) is 1.45. The van der Waals surface area contributed by atoms with Gasteiger partial charge in [0, 0.05) is 35.6 Å². The van der Waals surface area contributed by atoms with Crippen molar-refractivity contribution < 1.29 is 4.79 Å². The first-order chi connectivity index (χ1) is 13.8. The molecular formula is C23H24N4O. The van der Waals surface area contributed by atoms with Gasteiger partial charge in [-0.25, -0.2) is 4.68 Å². The van der Waals surface area contributed by atoms with Gasteiger partial charge in [-0.1, -0.05) is 12.1 Å². The Kier molecular flexibility index (Phi) is 4.45. The van der Waals surface area contributed by atoms with Crippen LogP contribution < -0.4 is 10.6 Å². The molecular weight excluding hydrogens is 348 g/mol. The fourth-order valence-corrected chi connectivity index (χ4v) is 3.63. The van der Waals surface area contributed by atoms with E-state index in [1.807, 2.05) is 48.7 Å². The largest absolute Gasteiger partial charge is 0.322 e. The molecule has 2 atom stereocenters. The summed E-state index contributed by atoms with van der Waals surface area (Å²) in [5, 5.41) is 10.9. The molecule has 2 N–H and O–H groups in total. The number of benzene rings is 2. The molecule has 5 rings (SSSR count). The van der Waals surface area contributed by atoms with E-state index in [9.17, 15) is 4.79 Å². The van der Waals surface area contributed by atoms with Crippen molar-refractivity contribution in [2.45, 2.75) is 31.2 Å². The molecule has 1 aromatic heterocycles. The Labute approximate surface area is 164 Å². The van der Waals surface area contributed by atoms with Crippen molar-refractivity contribution in [3.8, 4) is 5.69 Å². The quantitative estimate of drug-likeness (QED) is 0.659. The highest BCUT2D eigenvalue weighted by atomic mass is 16.1. The van der Waals surface area contributed by atoms with E-state index in [4.69, 9.17) is 0 Å². The first-order valence-electron chi connectivity index (χ1n) is 10.0. The third-order valence-corrected chi connectivity index (χ3v) is 5.65. The van der Waals surface area contributed by atoms with Crippen LogP contribution in [0.1, 0.15) is 41.1 Å². The zero-order valence-electron chi connectivity index (χ0n) is 15.7. The molecule has 2 aromatic carbocycles. The number of rotatable bonds is 7. The Hall–Kier alpha value is -2.92. The van der Waals surface area contributed by atoms with E-state index in [2.05, 4.69) is 27.9 Å². The van der Waals surface area contributed by atoms with Gasteiger partial charge in [-0.3, -0.25) is 4.79 Å². The number of carbonyl (C=O) groups excluding carboxylic acids is 1. The smallest absolute Gasteiger partial charge is 0.255 e. The summed E-state index contributed by atoms with van der Waals surface area (Å²) >= 11 is 0. The zero-order chi connectivity index (χ0) is 18.9. The van der Waals surface area contributed by atoms with E-state index in [-0.39, 0.29) is 5.91 Å². The Morgan fingerprint density at radius 2 is 1.86 bits per heavy atom. The van der Waals surface area contributed by atoms with E-state index in [0.29, 0.717) is 17.5 Å². The van der Waals surface area contributed by atoms with E-state index in [0.717, 1.165) is 17.3 Å². The van der Waals surface area contributed by atoms with Gasteiger partial charge in [0.15, 0.2) is 0 Å². The molecule has 2 aliphatic carbocycles. The van der Waals surface area contributed by atoms with Crippen LogP contribution in [0, 0.1) is 5.92 Å². The predicted octanol–water partition coefficient (Wildman–Crippen LogP) is 3.98. The maximum Gasteiger partial charge on any atom is 0.255 e. The van der Waals surface area contributed by atoms with Crippen molar-refractivity contribution in [3.63, 3.8) is 0 Å². The second-order valence-corrected chi connectivity index (χ2v) is 7.87. The molecule has 5 nitrogen and oxygen atoms in total. The first-order valence-corrected chi connectivity index (χ1v) is 10.0. The monoisotopic (exact) mass is 372 g/mol. The van der Waals surface area contributed by atoms with Crippen LogP contribution in [0.4, 0.5) is 5.69 Å². The molecule has 1 amide bonds. The van der Waals surface area contributed by atoms with Gasteiger partial charge in [0.25, 0.3) is 5.91 Å².